The van der Waals surface area contributed by atoms with E-state index in [9.17, 15) is 13.6 Å². The van der Waals surface area contributed by atoms with Crippen LogP contribution in [0.25, 0.3) is 11.1 Å². The maximum absolute atomic E-state index is 13.8. The zero-order valence-corrected chi connectivity index (χ0v) is 13.0. The van der Waals surface area contributed by atoms with Crippen LogP contribution in [0.15, 0.2) is 65.6 Å². The molecule has 1 heterocycles. The highest BCUT2D eigenvalue weighted by atomic mass is 19.2. The van der Waals surface area contributed by atoms with E-state index in [1.165, 1.54) is 22.8 Å². The molecule has 3 rings (SSSR count). The number of methoxy groups -OCH3 is 1. The first kappa shape index (κ1) is 15.9. The van der Waals surface area contributed by atoms with Gasteiger partial charge in [-0.15, -0.1) is 0 Å². The molecule has 0 fully saturated rings. The first-order valence-corrected chi connectivity index (χ1v) is 7.36. The van der Waals surface area contributed by atoms with Crippen LogP contribution in [-0.2, 0) is 6.54 Å². The van der Waals surface area contributed by atoms with E-state index in [4.69, 9.17) is 4.74 Å². The molecule has 0 aliphatic heterocycles. The molecule has 0 atom stereocenters. The van der Waals surface area contributed by atoms with E-state index in [0.29, 0.717) is 0 Å². The SMILES string of the molecule is COc1ccc(-c2ccc(=O)n(Cc3cccc(F)c3F)c2)cc1. The van der Waals surface area contributed by atoms with E-state index in [-0.39, 0.29) is 17.7 Å². The summed E-state index contributed by atoms with van der Waals surface area (Å²) in [4.78, 5) is 12.0. The minimum atomic E-state index is -0.931. The van der Waals surface area contributed by atoms with Crippen molar-refractivity contribution in [2.24, 2.45) is 0 Å². The summed E-state index contributed by atoms with van der Waals surface area (Å²) in [5, 5.41) is 0. The van der Waals surface area contributed by atoms with Crippen molar-refractivity contribution in [2.75, 3.05) is 7.11 Å². The number of hydrogen-bond donors (Lipinski definition) is 0. The lowest BCUT2D eigenvalue weighted by atomic mass is 10.1. The number of rotatable bonds is 4. The summed E-state index contributed by atoms with van der Waals surface area (Å²) in [6.45, 7) is -0.0353. The standard InChI is InChI=1S/C19H15F2NO2/c1-24-16-8-5-13(6-9-16)14-7-10-18(23)22(11-14)12-15-3-2-4-17(20)19(15)21/h2-11H,12H2,1H3. The van der Waals surface area contributed by atoms with Gasteiger partial charge >= 0.3 is 0 Å². The third-order valence-corrected chi connectivity index (χ3v) is 3.78. The number of ether oxygens (including phenoxy) is 1. The summed E-state index contributed by atoms with van der Waals surface area (Å²) in [6.07, 6.45) is 1.63. The van der Waals surface area contributed by atoms with Crippen molar-refractivity contribution in [3.8, 4) is 16.9 Å². The number of benzene rings is 2. The summed E-state index contributed by atoms with van der Waals surface area (Å²) in [5.74, 6) is -1.12. The number of halogens is 2. The molecule has 0 N–H and O–H groups in total. The molecule has 0 saturated heterocycles. The van der Waals surface area contributed by atoms with Gasteiger partial charge < -0.3 is 9.30 Å². The highest BCUT2D eigenvalue weighted by Gasteiger charge is 2.09. The highest BCUT2D eigenvalue weighted by molar-refractivity contribution is 5.63. The Labute approximate surface area is 137 Å². The second-order valence-electron chi connectivity index (χ2n) is 5.33. The Bertz CT molecular complexity index is 917. The normalized spacial score (nSPS) is 10.6. The summed E-state index contributed by atoms with van der Waals surface area (Å²) in [6, 6.07) is 14.4. The minimum absolute atomic E-state index is 0.0353. The first-order valence-electron chi connectivity index (χ1n) is 7.36. The third-order valence-electron chi connectivity index (χ3n) is 3.78. The Hall–Kier alpha value is -2.95. The number of aromatic nitrogens is 1. The second kappa shape index (κ2) is 6.66. The molecule has 0 amide bonds. The topological polar surface area (TPSA) is 31.2 Å². The van der Waals surface area contributed by atoms with Gasteiger partial charge in [0.05, 0.1) is 13.7 Å². The number of pyridine rings is 1. The number of hydrogen-bond acceptors (Lipinski definition) is 2. The van der Waals surface area contributed by atoms with E-state index < -0.39 is 11.6 Å². The van der Waals surface area contributed by atoms with Crippen LogP contribution in [0.3, 0.4) is 0 Å². The fourth-order valence-electron chi connectivity index (χ4n) is 2.46. The molecule has 0 saturated carbocycles. The average molecular weight is 327 g/mol. The predicted octanol–water partition coefficient (Wildman–Crippen LogP) is 3.85. The Balaban J connectivity index is 1.97. The van der Waals surface area contributed by atoms with Gasteiger partial charge in [0.2, 0.25) is 0 Å². The maximum atomic E-state index is 13.8. The summed E-state index contributed by atoms with van der Waals surface area (Å²) < 4.78 is 33.6. The van der Waals surface area contributed by atoms with Crippen LogP contribution < -0.4 is 10.3 Å². The third kappa shape index (κ3) is 3.20. The van der Waals surface area contributed by atoms with Gasteiger partial charge in [0.15, 0.2) is 11.6 Å². The van der Waals surface area contributed by atoms with Crippen LogP contribution in [0.2, 0.25) is 0 Å². The van der Waals surface area contributed by atoms with Crippen molar-refractivity contribution in [2.45, 2.75) is 6.54 Å². The van der Waals surface area contributed by atoms with Crippen molar-refractivity contribution >= 4 is 0 Å². The van der Waals surface area contributed by atoms with Crippen molar-refractivity contribution in [3.63, 3.8) is 0 Å². The van der Waals surface area contributed by atoms with Crippen molar-refractivity contribution < 1.29 is 13.5 Å². The highest BCUT2D eigenvalue weighted by Crippen LogP contribution is 2.21. The quantitative estimate of drug-likeness (QED) is 0.729. The summed E-state index contributed by atoms with van der Waals surface area (Å²) in [5.41, 5.74) is 1.54. The van der Waals surface area contributed by atoms with E-state index in [0.717, 1.165) is 22.9 Å². The molecule has 0 radical (unpaired) electrons. The Morgan fingerprint density at radius 3 is 2.38 bits per heavy atom. The van der Waals surface area contributed by atoms with Crippen LogP contribution in [0.1, 0.15) is 5.56 Å². The smallest absolute Gasteiger partial charge is 0.250 e. The molecule has 3 nitrogen and oxygen atoms in total. The average Bonchev–Trinajstić information content (AvgIpc) is 2.61. The monoisotopic (exact) mass is 327 g/mol. The molecule has 122 valence electrons. The van der Waals surface area contributed by atoms with E-state index in [2.05, 4.69) is 0 Å². The molecule has 0 aliphatic carbocycles. The van der Waals surface area contributed by atoms with Crippen LogP contribution >= 0.6 is 0 Å². The fraction of sp³-hybridized carbons (Fsp3) is 0.105. The van der Waals surface area contributed by atoms with Gasteiger partial charge in [-0.25, -0.2) is 8.78 Å². The van der Waals surface area contributed by atoms with E-state index in [1.54, 1.807) is 19.4 Å². The van der Waals surface area contributed by atoms with Gasteiger partial charge in [-0.05, 0) is 35.4 Å². The van der Waals surface area contributed by atoms with Crippen LogP contribution in [0.5, 0.6) is 5.75 Å². The van der Waals surface area contributed by atoms with Crippen LogP contribution in [0.4, 0.5) is 8.78 Å². The second-order valence-corrected chi connectivity index (χ2v) is 5.33. The zero-order chi connectivity index (χ0) is 17.1. The fourth-order valence-corrected chi connectivity index (χ4v) is 2.46. The van der Waals surface area contributed by atoms with Crippen molar-refractivity contribution in [1.82, 2.24) is 4.57 Å². The van der Waals surface area contributed by atoms with Gasteiger partial charge in [-0.1, -0.05) is 24.3 Å². The molecular formula is C19H15F2NO2. The molecule has 0 bridgehead atoms. The molecule has 5 heteroatoms. The first-order chi connectivity index (χ1) is 11.6. The predicted molar refractivity (Wildman–Crippen MR) is 88.2 cm³/mol. The van der Waals surface area contributed by atoms with E-state index >= 15 is 0 Å². The summed E-state index contributed by atoms with van der Waals surface area (Å²) in [7, 11) is 1.59. The largest absolute Gasteiger partial charge is 0.497 e. The Kier molecular flexibility index (Phi) is 4.42. The Morgan fingerprint density at radius 2 is 1.67 bits per heavy atom. The Morgan fingerprint density at radius 1 is 0.958 bits per heavy atom. The molecule has 0 aliphatic rings. The maximum Gasteiger partial charge on any atom is 0.250 e. The van der Waals surface area contributed by atoms with Gasteiger partial charge in [0.25, 0.3) is 5.56 Å². The molecule has 1 aromatic heterocycles. The molecule has 0 unspecified atom stereocenters. The van der Waals surface area contributed by atoms with Gasteiger partial charge in [-0.2, -0.15) is 0 Å². The van der Waals surface area contributed by atoms with Gasteiger partial charge in [0.1, 0.15) is 5.75 Å². The lowest BCUT2D eigenvalue weighted by molar-refractivity contribution is 0.415. The summed E-state index contributed by atoms with van der Waals surface area (Å²) >= 11 is 0. The zero-order valence-electron chi connectivity index (χ0n) is 13.0. The number of nitrogens with zero attached hydrogens (tertiary/aromatic N) is 1. The van der Waals surface area contributed by atoms with E-state index in [1.807, 2.05) is 24.3 Å². The van der Waals surface area contributed by atoms with Crippen molar-refractivity contribution in [3.05, 3.63) is 88.3 Å². The van der Waals surface area contributed by atoms with Gasteiger partial charge in [-0.3, -0.25) is 4.79 Å². The lowest BCUT2D eigenvalue weighted by Crippen LogP contribution is -2.19. The molecule has 24 heavy (non-hydrogen) atoms. The van der Waals surface area contributed by atoms with Crippen molar-refractivity contribution in [1.29, 1.82) is 0 Å². The molecular weight excluding hydrogens is 312 g/mol. The minimum Gasteiger partial charge on any atom is -0.497 e. The van der Waals surface area contributed by atoms with Gasteiger partial charge in [0, 0.05) is 17.8 Å². The lowest BCUT2D eigenvalue weighted by Gasteiger charge is -2.10. The van der Waals surface area contributed by atoms with Crippen LogP contribution in [-0.4, -0.2) is 11.7 Å². The van der Waals surface area contributed by atoms with Crippen LogP contribution in [0, 0.1) is 11.6 Å². The molecule has 3 aromatic rings. The molecule has 0 spiro atoms. The molecule has 2 aromatic carbocycles.